The molecule has 0 aliphatic carbocycles. The molecule has 0 bridgehead atoms. The van der Waals surface area contributed by atoms with Crippen molar-refractivity contribution in [2.75, 3.05) is 26.4 Å². The molecular weight excluding hydrogens is 997 g/mol. The second kappa shape index (κ2) is 20.5. The van der Waals surface area contributed by atoms with E-state index in [4.69, 9.17) is 19.4 Å². The van der Waals surface area contributed by atoms with Gasteiger partial charge in [-0.3, -0.25) is 9.97 Å². The number of hydrogen-bond acceptors (Lipinski definition) is 8. The first-order valence-electron chi connectivity index (χ1n) is 26.6. The Bertz CT molecular complexity index is 3560. The largest absolute Gasteiger partial charge is 0.386 e. The Morgan fingerprint density at radius 1 is 0.513 bits per heavy atom. The van der Waals surface area contributed by atoms with Crippen molar-refractivity contribution in [1.29, 1.82) is 0 Å². The molecule has 12 nitrogen and oxygen atoms in total. The normalized spacial score (nSPS) is 15.9. The maximum Gasteiger partial charge on any atom is 0.131 e. The lowest BCUT2D eigenvalue weighted by molar-refractivity contribution is 0.0542. The van der Waals surface area contributed by atoms with Gasteiger partial charge in [-0.15, -0.1) is 0 Å². The highest BCUT2D eigenvalue weighted by molar-refractivity contribution is 6.08. The van der Waals surface area contributed by atoms with Crippen molar-refractivity contribution < 1.29 is 37.2 Å². The van der Waals surface area contributed by atoms with Gasteiger partial charge in [0.05, 0.1) is 91.8 Å². The van der Waals surface area contributed by atoms with E-state index in [1.165, 1.54) is 36.4 Å². The van der Waals surface area contributed by atoms with Crippen LogP contribution in [0.15, 0.2) is 110 Å². The van der Waals surface area contributed by atoms with Crippen molar-refractivity contribution in [2.45, 2.75) is 90.5 Å². The van der Waals surface area contributed by atoms with E-state index in [-0.39, 0.29) is 23.0 Å². The summed E-state index contributed by atoms with van der Waals surface area (Å²) in [5.74, 6) is -2.45. The molecule has 2 aliphatic rings. The van der Waals surface area contributed by atoms with Gasteiger partial charge < -0.3 is 38.0 Å². The van der Waals surface area contributed by atoms with Crippen LogP contribution < -0.4 is 0 Å². The molecule has 404 valence electrons. The standard InChI is InChI=1S/2C31H32F2N4O2/c2*1-18-29(36(4)17-35-18)20-14-26-28(34-16-20)22-9-8-21(31(2,3)38)15-25(22)37(26)30(19-10-12-39-13-11-19)27-23(32)6-5-7-24(27)33/h2*5-9,14-17,19,30,38H,10-13H2,1-4H3. The lowest BCUT2D eigenvalue weighted by Gasteiger charge is -2.33. The Morgan fingerprint density at radius 3 is 1.19 bits per heavy atom. The minimum atomic E-state index is -1.10. The molecule has 0 saturated carbocycles. The number of aliphatic hydroxyl groups is 2. The Hall–Kier alpha value is -7.24. The number of nitrogens with zero attached hydrogens (tertiary/aromatic N) is 8. The minimum Gasteiger partial charge on any atom is -0.386 e. The summed E-state index contributed by atoms with van der Waals surface area (Å²) in [5.41, 5.74) is 9.20. The van der Waals surface area contributed by atoms with E-state index >= 15 is 17.6 Å². The lowest BCUT2D eigenvalue weighted by Crippen LogP contribution is -2.28. The zero-order valence-electron chi connectivity index (χ0n) is 45.2. The first-order chi connectivity index (χ1) is 37.3. The molecule has 2 fully saturated rings. The summed E-state index contributed by atoms with van der Waals surface area (Å²) >= 11 is 0. The van der Waals surface area contributed by atoms with Gasteiger partial charge in [0, 0.05) is 85.9 Å². The fraction of sp³-hybridized carbons (Fsp3) is 0.355. The van der Waals surface area contributed by atoms with Crippen LogP contribution in [0.25, 0.3) is 66.4 Å². The van der Waals surface area contributed by atoms with Crippen LogP contribution in [-0.4, -0.2) is 74.8 Å². The first kappa shape index (κ1) is 52.8. The number of ether oxygens (including phenoxy) is 2. The highest BCUT2D eigenvalue weighted by Gasteiger charge is 2.37. The lowest BCUT2D eigenvalue weighted by atomic mass is 9.86. The van der Waals surface area contributed by atoms with Gasteiger partial charge in [-0.05, 0) is 139 Å². The first-order valence-corrected chi connectivity index (χ1v) is 26.6. The molecule has 16 heteroatoms. The van der Waals surface area contributed by atoms with Crippen LogP contribution in [0, 0.1) is 49.0 Å². The van der Waals surface area contributed by atoms with Gasteiger partial charge in [-0.1, -0.05) is 36.4 Å². The molecule has 2 aliphatic heterocycles. The minimum absolute atomic E-state index is 0.0407. The second-order valence-electron chi connectivity index (χ2n) is 22.1. The summed E-state index contributed by atoms with van der Waals surface area (Å²) in [7, 11) is 3.87. The fourth-order valence-electron chi connectivity index (χ4n) is 12.2. The Kier molecular flexibility index (Phi) is 13.9. The van der Waals surface area contributed by atoms with Gasteiger partial charge in [-0.25, -0.2) is 27.5 Å². The van der Waals surface area contributed by atoms with Gasteiger partial charge in [0.1, 0.15) is 23.3 Å². The monoisotopic (exact) mass is 1060 g/mol. The SMILES string of the molecule is Cc1ncn(C)c1-c1cnc2c3ccc(C(C)(C)O)cc3n(C(c3c(F)cccc3F)C3CCOCC3)c2c1.Cc1ncn(C)c1-c1cnc2c3ccc(C(C)(C)O)cc3n(C(c3c(F)cccc3F)C3CCOCC3)c2c1. The van der Waals surface area contributed by atoms with E-state index in [1.807, 2.05) is 107 Å². The highest BCUT2D eigenvalue weighted by atomic mass is 19.1. The fourth-order valence-corrected chi connectivity index (χ4v) is 12.2. The highest BCUT2D eigenvalue weighted by Crippen LogP contribution is 2.46. The number of fused-ring (bicyclic) bond motifs is 6. The summed E-state index contributed by atoms with van der Waals surface area (Å²) in [6, 6.07) is 22.4. The van der Waals surface area contributed by atoms with Crippen molar-refractivity contribution in [3.63, 3.8) is 0 Å². The summed E-state index contributed by atoms with van der Waals surface area (Å²) in [4.78, 5) is 18.7. The Balaban J connectivity index is 0.000000165. The van der Waals surface area contributed by atoms with Crippen LogP contribution in [0.4, 0.5) is 17.6 Å². The number of pyridine rings is 2. The maximum absolute atomic E-state index is 15.6. The molecule has 2 saturated heterocycles. The smallest absolute Gasteiger partial charge is 0.131 e. The third-order valence-corrected chi connectivity index (χ3v) is 16.1. The predicted octanol–water partition coefficient (Wildman–Crippen LogP) is 12.8. The van der Waals surface area contributed by atoms with Crippen LogP contribution in [-0.2, 0) is 34.8 Å². The number of aromatic nitrogens is 8. The molecule has 4 aromatic carbocycles. The van der Waals surface area contributed by atoms with E-state index in [2.05, 4.69) is 9.97 Å². The van der Waals surface area contributed by atoms with Crippen LogP contribution in [0.5, 0.6) is 0 Å². The van der Waals surface area contributed by atoms with E-state index in [1.54, 1.807) is 40.3 Å². The van der Waals surface area contributed by atoms with Crippen LogP contribution in [0.3, 0.4) is 0 Å². The number of aryl methyl sites for hydroxylation is 4. The number of rotatable bonds is 10. The Labute approximate surface area is 449 Å². The molecular formula is C62H64F4N8O4. The zero-order valence-corrected chi connectivity index (χ0v) is 45.2. The summed E-state index contributed by atoms with van der Waals surface area (Å²) in [5, 5.41) is 23.5. The summed E-state index contributed by atoms with van der Waals surface area (Å²) in [6.45, 7) is 12.9. The number of halogens is 4. The third kappa shape index (κ3) is 9.45. The third-order valence-electron chi connectivity index (χ3n) is 16.1. The molecule has 10 aromatic rings. The molecule has 0 spiro atoms. The van der Waals surface area contributed by atoms with Crippen molar-refractivity contribution in [2.24, 2.45) is 25.9 Å². The van der Waals surface area contributed by atoms with Gasteiger partial charge in [0.25, 0.3) is 0 Å². The van der Waals surface area contributed by atoms with E-state index < -0.39 is 46.6 Å². The quantitative estimate of drug-likeness (QED) is 0.130. The van der Waals surface area contributed by atoms with E-state index in [9.17, 15) is 10.2 Å². The summed E-state index contributed by atoms with van der Waals surface area (Å²) in [6.07, 6.45) is 9.84. The zero-order chi connectivity index (χ0) is 54.9. The predicted molar refractivity (Wildman–Crippen MR) is 295 cm³/mol. The molecule has 2 N–H and O–H groups in total. The van der Waals surface area contributed by atoms with Crippen LogP contribution in [0.2, 0.25) is 0 Å². The Morgan fingerprint density at radius 2 is 0.872 bits per heavy atom. The van der Waals surface area contributed by atoms with E-state index in [0.717, 1.165) is 77.8 Å². The van der Waals surface area contributed by atoms with Crippen molar-refractivity contribution in [1.82, 2.24) is 38.2 Å². The molecule has 2 atom stereocenters. The van der Waals surface area contributed by atoms with Gasteiger partial charge in [-0.2, -0.15) is 0 Å². The summed E-state index contributed by atoms with van der Waals surface area (Å²) < 4.78 is 81.6. The molecule has 8 heterocycles. The molecule has 0 amide bonds. The van der Waals surface area contributed by atoms with Gasteiger partial charge in [0.2, 0.25) is 0 Å². The molecule has 2 unspecified atom stereocenters. The van der Waals surface area contributed by atoms with E-state index in [0.29, 0.717) is 63.2 Å². The average molecular weight is 1060 g/mol. The van der Waals surface area contributed by atoms with Crippen molar-refractivity contribution in [3.05, 3.63) is 167 Å². The maximum atomic E-state index is 15.6. The number of hydrogen-bond donors (Lipinski definition) is 2. The molecule has 0 radical (unpaired) electrons. The van der Waals surface area contributed by atoms with Crippen molar-refractivity contribution in [3.8, 4) is 22.5 Å². The number of imidazole rings is 2. The van der Waals surface area contributed by atoms with Crippen LogP contribution >= 0.6 is 0 Å². The second-order valence-corrected chi connectivity index (χ2v) is 22.1. The van der Waals surface area contributed by atoms with Crippen LogP contribution in [0.1, 0.15) is 99.1 Å². The molecule has 78 heavy (non-hydrogen) atoms. The van der Waals surface area contributed by atoms with Gasteiger partial charge in [0.15, 0.2) is 0 Å². The van der Waals surface area contributed by atoms with Crippen molar-refractivity contribution >= 4 is 43.9 Å². The molecule has 12 rings (SSSR count). The average Bonchev–Trinajstić information content (AvgIpc) is 4.21. The number of benzene rings is 4. The van der Waals surface area contributed by atoms with Gasteiger partial charge >= 0.3 is 0 Å². The topological polar surface area (TPSA) is 130 Å². The molecule has 6 aromatic heterocycles.